The summed E-state index contributed by atoms with van der Waals surface area (Å²) in [6.07, 6.45) is 9.06. The lowest BCUT2D eigenvalue weighted by atomic mass is 9.79. The molecule has 2 rings (SSSR count). The van der Waals surface area contributed by atoms with Crippen molar-refractivity contribution in [1.82, 2.24) is 0 Å². The lowest BCUT2D eigenvalue weighted by molar-refractivity contribution is -0.275. The van der Waals surface area contributed by atoms with Crippen LogP contribution in [0.15, 0.2) is 30.4 Å². The van der Waals surface area contributed by atoms with Crippen LogP contribution in [0.4, 0.5) is 17.6 Å². The highest BCUT2D eigenvalue weighted by molar-refractivity contribution is 5.41. The van der Waals surface area contributed by atoms with Crippen LogP contribution < -0.4 is 4.74 Å². The van der Waals surface area contributed by atoms with Gasteiger partial charge in [0.1, 0.15) is 0 Å². The van der Waals surface area contributed by atoms with E-state index >= 15 is 0 Å². The van der Waals surface area contributed by atoms with Crippen LogP contribution in [-0.2, 0) is 0 Å². The number of halogens is 4. The molecule has 0 amide bonds. The van der Waals surface area contributed by atoms with Crippen LogP contribution in [0.1, 0.15) is 63.9 Å². The highest BCUT2D eigenvalue weighted by atomic mass is 19.4. The first kappa shape index (κ1) is 21.3. The van der Waals surface area contributed by atoms with E-state index in [0.717, 1.165) is 18.1 Å². The highest BCUT2D eigenvalue weighted by Crippen LogP contribution is 2.32. The Balaban J connectivity index is 1.81. The summed E-state index contributed by atoms with van der Waals surface area (Å²) in [5.41, 5.74) is 0.311. The maximum absolute atomic E-state index is 13.6. The predicted molar refractivity (Wildman–Crippen MR) is 98.7 cm³/mol. The van der Waals surface area contributed by atoms with E-state index in [0.29, 0.717) is 11.5 Å². The summed E-state index contributed by atoms with van der Waals surface area (Å²) in [7, 11) is 0. The van der Waals surface area contributed by atoms with Gasteiger partial charge in [0, 0.05) is 5.56 Å². The smallest absolute Gasteiger partial charge is 0.403 e. The second kappa shape index (κ2) is 10.4. The van der Waals surface area contributed by atoms with Gasteiger partial charge >= 0.3 is 6.36 Å². The van der Waals surface area contributed by atoms with Gasteiger partial charge in [-0.1, -0.05) is 50.5 Å². The van der Waals surface area contributed by atoms with Gasteiger partial charge in [0.05, 0.1) is 0 Å². The van der Waals surface area contributed by atoms with Crippen molar-refractivity contribution in [2.45, 2.75) is 64.7 Å². The van der Waals surface area contributed by atoms with E-state index in [1.54, 1.807) is 6.08 Å². The normalized spacial score (nSPS) is 20.3. The van der Waals surface area contributed by atoms with Crippen molar-refractivity contribution in [2.24, 2.45) is 11.8 Å². The summed E-state index contributed by atoms with van der Waals surface area (Å²) in [6, 6.07) is 3.20. The van der Waals surface area contributed by atoms with Crippen LogP contribution in [0.25, 0.3) is 0 Å². The number of alkyl halides is 3. The fourth-order valence-electron chi connectivity index (χ4n) is 3.45. The van der Waals surface area contributed by atoms with E-state index in [9.17, 15) is 17.6 Å². The number of ether oxygens (including phenoxy) is 1. The number of allylic oxidation sites excluding steroid dienone is 2. The molecule has 1 aliphatic rings. The fraction of sp³-hybridized carbons (Fsp3) is 0.545. The Morgan fingerprint density at radius 1 is 1.15 bits per heavy atom. The molecule has 1 aliphatic carbocycles. The molecule has 148 valence electrons. The molecule has 1 saturated carbocycles. The van der Waals surface area contributed by atoms with E-state index in [2.05, 4.69) is 29.6 Å². The maximum Gasteiger partial charge on any atom is 0.573 e. The Kier molecular flexibility index (Phi) is 8.22. The average Bonchev–Trinajstić information content (AvgIpc) is 2.61. The third-order valence-electron chi connectivity index (χ3n) is 4.93. The molecule has 0 unspecified atom stereocenters. The molecule has 0 spiro atoms. The molecule has 5 heteroatoms. The quantitative estimate of drug-likeness (QED) is 0.292. The van der Waals surface area contributed by atoms with Crippen LogP contribution >= 0.6 is 0 Å². The fourth-order valence-corrected chi connectivity index (χ4v) is 3.45. The highest BCUT2D eigenvalue weighted by Gasteiger charge is 2.32. The Morgan fingerprint density at radius 3 is 2.52 bits per heavy atom. The van der Waals surface area contributed by atoms with Crippen LogP contribution in [0.2, 0.25) is 0 Å². The summed E-state index contributed by atoms with van der Waals surface area (Å²) in [5, 5.41) is 0. The van der Waals surface area contributed by atoms with Crippen molar-refractivity contribution >= 4 is 0 Å². The molecule has 27 heavy (non-hydrogen) atoms. The number of rotatable bonds is 6. The van der Waals surface area contributed by atoms with Crippen molar-refractivity contribution in [3.05, 3.63) is 41.7 Å². The summed E-state index contributed by atoms with van der Waals surface area (Å²) in [6.45, 7) is 2.22. The van der Waals surface area contributed by atoms with Crippen LogP contribution in [-0.4, -0.2) is 6.36 Å². The van der Waals surface area contributed by atoms with Gasteiger partial charge in [-0.25, -0.2) is 4.39 Å². The SMILES string of the molecule is CCCCCC1CCC(C=CC#Cc2ccc(OC(F)(F)F)c(F)c2)CC1. The molecule has 0 N–H and O–H groups in total. The first-order chi connectivity index (χ1) is 12.9. The summed E-state index contributed by atoms with van der Waals surface area (Å²) in [5.74, 6) is 5.04. The second-order valence-corrected chi connectivity index (χ2v) is 7.10. The Labute approximate surface area is 158 Å². The molecule has 0 atom stereocenters. The zero-order valence-corrected chi connectivity index (χ0v) is 15.6. The average molecular weight is 382 g/mol. The zero-order valence-electron chi connectivity index (χ0n) is 15.6. The summed E-state index contributed by atoms with van der Waals surface area (Å²) < 4.78 is 53.6. The molecule has 0 aliphatic heterocycles. The van der Waals surface area contributed by atoms with Crippen molar-refractivity contribution < 1.29 is 22.3 Å². The van der Waals surface area contributed by atoms with E-state index in [-0.39, 0.29) is 0 Å². The number of hydrogen-bond acceptors (Lipinski definition) is 1. The summed E-state index contributed by atoms with van der Waals surface area (Å²) >= 11 is 0. The maximum atomic E-state index is 13.6. The number of hydrogen-bond donors (Lipinski definition) is 0. The standard InChI is InChI=1S/C22H26F4O/c1-2-3-4-7-17-10-12-18(13-11-17)8-5-6-9-19-14-15-21(20(23)16-19)27-22(24,25)26/h5,8,14-18H,2-4,7,10-13H2,1H3. The van der Waals surface area contributed by atoms with Crippen molar-refractivity contribution in [2.75, 3.05) is 0 Å². The van der Waals surface area contributed by atoms with E-state index < -0.39 is 17.9 Å². The van der Waals surface area contributed by atoms with Crippen LogP contribution in [0.5, 0.6) is 5.75 Å². The third-order valence-corrected chi connectivity index (χ3v) is 4.93. The molecular formula is C22H26F4O. The second-order valence-electron chi connectivity index (χ2n) is 7.10. The lowest BCUT2D eigenvalue weighted by Crippen LogP contribution is -2.17. The Morgan fingerprint density at radius 2 is 1.89 bits per heavy atom. The van der Waals surface area contributed by atoms with Gasteiger partial charge in [-0.05, 0) is 61.8 Å². The van der Waals surface area contributed by atoms with Crippen LogP contribution in [0, 0.1) is 29.5 Å². The third kappa shape index (κ3) is 8.07. The van der Waals surface area contributed by atoms with Gasteiger partial charge in [0.2, 0.25) is 0 Å². The van der Waals surface area contributed by atoms with Crippen molar-refractivity contribution in [3.8, 4) is 17.6 Å². The van der Waals surface area contributed by atoms with Gasteiger partial charge in [-0.15, -0.1) is 13.2 Å². The minimum atomic E-state index is -4.91. The first-order valence-corrected chi connectivity index (χ1v) is 9.61. The first-order valence-electron chi connectivity index (χ1n) is 9.61. The molecule has 0 heterocycles. The number of benzene rings is 1. The number of unbranched alkanes of at least 4 members (excludes halogenated alkanes) is 2. The van der Waals surface area contributed by atoms with E-state index in [1.165, 1.54) is 57.4 Å². The van der Waals surface area contributed by atoms with Gasteiger partial charge in [-0.2, -0.15) is 0 Å². The minimum absolute atomic E-state index is 0.311. The molecule has 1 fully saturated rings. The van der Waals surface area contributed by atoms with Crippen molar-refractivity contribution in [1.29, 1.82) is 0 Å². The predicted octanol–water partition coefficient (Wildman–Crippen LogP) is 7.02. The van der Waals surface area contributed by atoms with Gasteiger partial charge in [-0.3, -0.25) is 0 Å². The van der Waals surface area contributed by atoms with Gasteiger partial charge in [0.15, 0.2) is 11.6 Å². The zero-order chi connectivity index (χ0) is 19.7. The van der Waals surface area contributed by atoms with E-state index in [4.69, 9.17) is 0 Å². The molecule has 0 radical (unpaired) electrons. The van der Waals surface area contributed by atoms with E-state index in [1.807, 2.05) is 0 Å². The molecule has 0 saturated heterocycles. The van der Waals surface area contributed by atoms with Crippen LogP contribution in [0.3, 0.4) is 0 Å². The monoisotopic (exact) mass is 382 g/mol. The molecular weight excluding hydrogens is 356 g/mol. The molecule has 0 aromatic heterocycles. The lowest BCUT2D eigenvalue weighted by Gasteiger charge is -2.26. The molecule has 1 nitrogen and oxygen atoms in total. The molecule has 0 bridgehead atoms. The Bertz CT molecular complexity index is 674. The van der Waals surface area contributed by atoms with Crippen molar-refractivity contribution in [3.63, 3.8) is 0 Å². The summed E-state index contributed by atoms with van der Waals surface area (Å²) in [4.78, 5) is 0. The molecule has 1 aromatic carbocycles. The topological polar surface area (TPSA) is 9.23 Å². The van der Waals surface area contributed by atoms with Gasteiger partial charge < -0.3 is 4.74 Å². The largest absolute Gasteiger partial charge is 0.573 e. The minimum Gasteiger partial charge on any atom is -0.403 e. The Hall–Kier alpha value is -1.96. The molecule has 1 aromatic rings. The van der Waals surface area contributed by atoms with Gasteiger partial charge in [0.25, 0.3) is 0 Å².